The third-order valence-electron chi connectivity index (χ3n) is 4.19. The van der Waals surface area contributed by atoms with E-state index in [-0.39, 0.29) is 17.2 Å². The second kappa shape index (κ2) is 9.31. The number of rotatable bonds is 7. The lowest BCUT2D eigenvalue weighted by molar-refractivity contribution is -0.139. The number of hydrogen-bond donors (Lipinski definition) is 2. The molecule has 0 bridgehead atoms. The van der Waals surface area contributed by atoms with Gasteiger partial charge in [0.05, 0.1) is 23.4 Å². The molecule has 0 aliphatic rings. The summed E-state index contributed by atoms with van der Waals surface area (Å²) in [6.07, 6.45) is 2.85. The van der Waals surface area contributed by atoms with Crippen LogP contribution in [0.5, 0.6) is 0 Å². The Bertz CT molecular complexity index is 1100. The fraction of sp³-hybridized carbons (Fsp3) is 0.150. The molecule has 2 N–H and O–H groups in total. The van der Waals surface area contributed by atoms with E-state index in [9.17, 15) is 22.4 Å². The van der Waals surface area contributed by atoms with Crippen LogP contribution in [0.1, 0.15) is 16.7 Å². The van der Waals surface area contributed by atoms with Crippen LogP contribution in [0.25, 0.3) is 0 Å². The van der Waals surface area contributed by atoms with Crippen molar-refractivity contribution in [3.05, 3.63) is 84.3 Å². The first kappa shape index (κ1) is 21.2. The molecule has 1 aromatic carbocycles. The van der Waals surface area contributed by atoms with Gasteiger partial charge in [-0.25, -0.2) is 12.8 Å². The zero-order valence-corrected chi connectivity index (χ0v) is 16.4. The summed E-state index contributed by atoms with van der Waals surface area (Å²) in [6, 6.07) is 12.4. The highest BCUT2D eigenvalue weighted by atomic mass is 32.2. The van der Waals surface area contributed by atoms with Crippen molar-refractivity contribution in [2.45, 2.75) is 16.7 Å². The first-order valence-electron chi connectivity index (χ1n) is 8.86. The molecule has 0 fully saturated rings. The Morgan fingerprint density at radius 1 is 1.00 bits per heavy atom. The summed E-state index contributed by atoms with van der Waals surface area (Å²) in [7, 11) is -4.03. The van der Waals surface area contributed by atoms with Crippen molar-refractivity contribution < 1.29 is 26.8 Å². The number of carbonyl (C=O) groups is 2. The Morgan fingerprint density at radius 2 is 1.73 bits per heavy atom. The van der Waals surface area contributed by atoms with Gasteiger partial charge < -0.3 is 15.1 Å². The molecule has 30 heavy (non-hydrogen) atoms. The number of hydrogen-bond acceptors (Lipinski definition) is 6. The van der Waals surface area contributed by atoms with Crippen LogP contribution in [-0.4, -0.2) is 31.8 Å². The van der Waals surface area contributed by atoms with Crippen molar-refractivity contribution in [2.24, 2.45) is 0 Å². The summed E-state index contributed by atoms with van der Waals surface area (Å²) in [4.78, 5) is 28.0. The van der Waals surface area contributed by atoms with Gasteiger partial charge in [-0.05, 0) is 48.5 Å². The van der Waals surface area contributed by atoms with Crippen molar-refractivity contribution in [2.75, 3.05) is 6.54 Å². The van der Waals surface area contributed by atoms with E-state index in [1.54, 1.807) is 24.4 Å². The number of sulfone groups is 1. The van der Waals surface area contributed by atoms with Gasteiger partial charge in [0.1, 0.15) is 16.8 Å². The Balaban J connectivity index is 1.69. The number of furan rings is 1. The van der Waals surface area contributed by atoms with Crippen molar-refractivity contribution in [1.82, 2.24) is 15.6 Å². The van der Waals surface area contributed by atoms with E-state index in [4.69, 9.17) is 4.42 Å². The van der Waals surface area contributed by atoms with Gasteiger partial charge in [0.2, 0.25) is 0 Å². The molecule has 2 heterocycles. The number of amides is 2. The smallest absolute Gasteiger partial charge is 0.309 e. The third-order valence-corrected chi connectivity index (χ3v) is 6.27. The van der Waals surface area contributed by atoms with E-state index in [0.717, 1.165) is 24.3 Å². The highest BCUT2D eigenvalue weighted by Crippen LogP contribution is 2.29. The maximum atomic E-state index is 13.2. The molecule has 8 nitrogen and oxygen atoms in total. The average molecular weight is 431 g/mol. The van der Waals surface area contributed by atoms with Gasteiger partial charge in [-0.2, -0.15) is 0 Å². The summed E-state index contributed by atoms with van der Waals surface area (Å²) in [5.41, 5.74) is 0.561. The molecule has 1 atom stereocenters. The van der Waals surface area contributed by atoms with Crippen LogP contribution in [0.2, 0.25) is 0 Å². The van der Waals surface area contributed by atoms with Gasteiger partial charge >= 0.3 is 11.8 Å². The van der Waals surface area contributed by atoms with E-state index >= 15 is 0 Å². The highest BCUT2D eigenvalue weighted by Gasteiger charge is 2.32. The Labute approximate surface area is 172 Å². The minimum Gasteiger partial charge on any atom is -0.468 e. The summed E-state index contributed by atoms with van der Waals surface area (Å²) in [6.45, 7) is -0.369. The molecule has 10 heteroatoms. The Morgan fingerprint density at radius 3 is 2.37 bits per heavy atom. The predicted octanol–water partition coefficient (Wildman–Crippen LogP) is 1.76. The lowest BCUT2D eigenvalue weighted by Gasteiger charge is -2.16. The van der Waals surface area contributed by atoms with Crippen LogP contribution in [0.15, 0.2) is 76.4 Å². The molecule has 156 valence electrons. The number of halogens is 1. The van der Waals surface area contributed by atoms with Gasteiger partial charge in [0, 0.05) is 12.7 Å². The Kier molecular flexibility index (Phi) is 6.58. The van der Waals surface area contributed by atoms with Gasteiger partial charge in [-0.15, -0.1) is 0 Å². The van der Waals surface area contributed by atoms with Crippen LogP contribution < -0.4 is 10.6 Å². The van der Waals surface area contributed by atoms with Crippen LogP contribution in [0, 0.1) is 5.82 Å². The molecule has 3 aromatic rings. The molecular formula is C20H18FN3O5S. The number of nitrogens with one attached hydrogen (secondary N) is 2. The fourth-order valence-electron chi connectivity index (χ4n) is 2.65. The summed E-state index contributed by atoms with van der Waals surface area (Å²) >= 11 is 0. The van der Waals surface area contributed by atoms with Crippen molar-refractivity contribution in [3.8, 4) is 0 Å². The lowest BCUT2D eigenvalue weighted by Crippen LogP contribution is -2.42. The monoisotopic (exact) mass is 431 g/mol. The zero-order chi connectivity index (χ0) is 21.6. The maximum absolute atomic E-state index is 13.2. The van der Waals surface area contributed by atoms with E-state index in [1.807, 2.05) is 0 Å². The molecule has 2 aromatic heterocycles. The SMILES string of the molecule is O=C(NCc1ccccn1)C(=O)NCC(c1ccco1)S(=O)(=O)c1ccc(F)cc1. The first-order chi connectivity index (χ1) is 14.4. The largest absolute Gasteiger partial charge is 0.468 e. The van der Waals surface area contributed by atoms with E-state index in [1.165, 1.54) is 18.4 Å². The minimum atomic E-state index is -4.03. The summed E-state index contributed by atoms with van der Waals surface area (Å²) < 4.78 is 44.4. The number of nitrogens with zero attached hydrogens (tertiary/aromatic N) is 1. The molecule has 0 aliphatic heterocycles. The number of benzene rings is 1. The fourth-order valence-corrected chi connectivity index (χ4v) is 4.23. The summed E-state index contributed by atoms with van der Waals surface area (Å²) in [5.74, 6) is -2.44. The molecule has 0 saturated carbocycles. The minimum absolute atomic E-state index is 0.0442. The second-order valence-corrected chi connectivity index (χ2v) is 8.35. The van der Waals surface area contributed by atoms with E-state index < -0.39 is 39.3 Å². The average Bonchev–Trinajstić information content (AvgIpc) is 3.27. The van der Waals surface area contributed by atoms with Crippen LogP contribution >= 0.6 is 0 Å². The molecule has 2 amide bonds. The van der Waals surface area contributed by atoms with Crippen molar-refractivity contribution in [3.63, 3.8) is 0 Å². The molecule has 0 aliphatic carbocycles. The predicted molar refractivity (Wildman–Crippen MR) is 104 cm³/mol. The van der Waals surface area contributed by atoms with Crippen molar-refractivity contribution >= 4 is 21.7 Å². The second-order valence-electron chi connectivity index (χ2n) is 6.22. The molecule has 0 radical (unpaired) electrons. The standard InChI is InChI=1S/C20H18FN3O5S/c21-14-6-8-16(9-7-14)30(27,28)18(17-5-3-11-29-17)13-24-20(26)19(25)23-12-15-4-1-2-10-22-15/h1-11,18H,12-13H2,(H,23,25)(H,24,26). The summed E-state index contributed by atoms with van der Waals surface area (Å²) in [5, 5.41) is 3.42. The van der Waals surface area contributed by atoms with Gasteiger partial charge in [-0.1, -0.05) is 6.07 Å². The van der Waals surface area contributed by atoms with E-state index in [0.29, 0.717) is 5.69 Å². The van der Waals surface area contributed by atoms with Crippen molar-refractivity contribution in [1.29, 1.82) is 0 Å². The zero-order valence-electron chi connectivity index (χ0n) is 15.6. The van der Waals surface area contributed by atoms with Gasteiger partial charge in [-0.3, -0.25) is 14.6 Å². The lowest BCUT2D eigenvalue weighted by atomic mass is 10.3. The third kappa shape index (κ3) is 5.09. The quantitative estimate of drug-likeness (QED) is 0.435. The van der Waals surface area contributed by atoms with Gasteiger partial charge in [0.15, 0.2) is 9.84 Å². The number of pyridine rings is 1. The van der Waals surface area contributed by atoms with Crippen LogP contribution in [0.4, 0.5) is 4.39 Å². The highest BCUT2D eigenvalue weighted by molar-refractivity contribution is 7.91. The molecule has 3 rings (SSSR count). The molecule has 0 saturated heterocycles. The van der Waals surface area contributed by atoms with Crippen LogP contribution in [-0.2, 0) is 26.0 Å². The molecule has 1 unspecified atom stereocenters. The molecular weight excluding hydrogens is 413 g/mol. The first-order valence-corrected chi connectivity index (χ1v) is 10.4. The normalized spacial score (nSPS) is 12.2. The molecule has 0 spiro atoms. The topological polar surface area (TPSA) is 118 Å². The number of aromatic nitrogens is 1. The van der Waals surface area contributed by atoms with Crippen LogP contribution in [0.3, 0.4) is 0 Å². The van der Waals surface area contributed by atoms with E-state index in [2.05, 4.69) is 15.6 Å². The number of carbonyl (C=O) groups excluding carboxylic acids is 2. The maximum Gasteiger partial charge on any atom is 0.309 e. The Hall–Kier alpha value is -3.53. The van der Waals surface area contributed by atoms with Gasteiger partial charge in [0.25, 0.3) is 0 Å².